The number of hydrogen-bond acceptors (Lipinski definition) is 3. The van der Waals surface area contributed by atoms with Crippen LogP contribution in [0.25, 0.3) is 10.6 Å². The minimum absolute atomic E-state index is 1.01. The van der Waals surface area contributed by atoms with E-state index in [2.05, 4.69) is 49.7 Å². The molecule has 1 aromatic carbocycles. The second kappa shape index (κ2) is 3.99. The van der Waals surface area contributed by atoms with Crippen molar-refractivity contribution >= 4 is 24.0 Å². The maximum atomic E-state index is 4.52. The Morgan fingerprint density at radius 1 is 1.20 bits per heavy atom. The minimum Gasteiger partial charge on any atom is -0.240 e. The number of benzene rings is 1. The van der Waals surface area contributed by atoms with E-state index < -0.39 is 0 Å². The fourth-order valence-corrected chi connectivity index (χ4v) is 2.67. The van der Waals surface area contributed by atoms with E-state index in [1.54, 1.807) is 11.3 Å². The molecular formula is C12H13NS2. The van der Waals surface area contributed by atoms with Crippen molar-refractivity contribution < 1.29 is 0 Å². The summed E-state index contributed by atoms with van der Waals surface area (Å²) in [6.07, 6.45) is 0. The number of thiazole rings is 1. The molecule has 0 bridgehead atoms. The zero-order valence-corrected chi connectivity index (χ0v) is 10.7. The van der Waals surface area contributed by atoms with E-state index in [9.17, 15) is 0 Å². The highest BCUT2D eigenvalue weighted by Crippen LogP contribution is 2.32. The Labute approximate surface area is 99.6 Å². The fourth-order valence-electron chi connectivity index (χ4n) is 1.47. The number of aryl methyl sites for hydroxylation is 3. The third-order valence-corrected chi connectivity index (χ3v) is 3.99. The Bertz CT molecular complexity index is 481. The smallest absolute Gasteiger partial charge is 0.124 e. The van der Waals surface area contributed by atoms with Crippen molar-refractivity contribution in [2.24, 2.45) is 0 Å². The Morgan fingerprint density at radius 3 is 2.53 bits per heavy atom. The predicted octanol–water partition coefficient (Wildman–Crippen LogP) is 4.02. The molecule has 0 saturated heterocycles. The molecule has 2 aromatic rings. The van der Waals surface area contributed by atoms with Crippen molar-refractivity contribution in [1.82, 2.24) is 4.98 Å². The van der Waals surface area contributed by atoms with Gasteiger partial charge in [0.25, 0.3) is 0 Å². The molecule has 0 aliphatic carbocycles. The van der Waals surface area contributed by atoms with E-state index in [1.807, 2.05) is 6.92 Å². The SMILES string of the molecule is Cc1ccc(C)c(-c2nc(C)c(S)s2)c1. The molecule has 0 unspecified atom stereocenters. The molecule has 0 spiro atoms. The first-order valence-electron chi connectivity index (χ1n) is 4.82. The summed E-state index contributed by atoms with van der Waals surface area (Å²) in [7, 11) is 0. The average Bonchev–Trinajstić information content (AvgIpc) is 2.51. The van der Waals surface area contributed by atoms with Gasteiger partial charge in [-0.2, -0.15) is 0 Å². The van der Waals surface area contributed by atoms with Gasteiger partial charge in [0.05, 0.1) is 9.90 Å². The lowest BCUT2D eigenvalue weighted by atomic mass is 10.1. The first kappa shape index (κ1) is 10.7. The standard InChI is InChI=1S/C12H13NS2/c1-7-4-5-8(2)10(6-7)11-13-9(3)12(14)15-11/h4-6,14H,1-3H3. The molecule has 0 aliphatic heterocycles. The van der Waals surface area contributed by atoms with Crippen LogP contribution in [-0.2, 0) is 0 Å². The van der Waals surface area contributed by atoms with E-state index in [1.165, 1.54) is 16.7 Å². The monoisotopic (exact) mass is 235 g/mol. The van der Waals surface area contributed by atoms with Gasteiger partial charge in [0.15, 0.2) is 0 Å². The predicted molar refractivity (Wildman–Crippen MR) is 69.0 cm³/mol. The maximum Gasteiger partial charge on any atom is 0.124 e. The van der Waals surface area contributed by atoms with Gasteiger partial charge >= 0.3 is 0 Å². The first-order chi connectivity index (χ1) is 7.08. The molecule has 1 aromatic heterocycles. The first-order valence-corrected chi connectivity index (χ1v) is 6.08. The number of nitrogens with zero attached hydrogens (tertiary/aromatic N) is 1. The summed E-state index contributed by atoms with van der Waals surface area (Å²) >= 11 is 6.03. The van der Waals surface area contributed by atoms with Gasteiger partial charge in [-0.15, -0.1) is 24.0 Å². The van der Waals surface area contributed by atoms with Crippen LogP contribution < -0.4 is 0 Å². The van der Waals surface area contributed by atoms with Gasteiger partial charge in [0.2, 0.25) is 0 Å². The number of thiol groups is 1. The Morgan fingerprint density at radius 2 is 1.93 bits per heavy atom. The van der Waals surface area contributed by atoms with Crippen molar-refractivity contribution in [2.45, 2.75) is 25.0 Å². The van der Waals surface area contributed by atoms with Crippen molar-refractivity contribution in [1.29, 1.82) is 0 Å². The van der Waals surface area contributed by atoms with Crippen LogP contribution in [0.4, 0.5) is 0 Å². The second-order valence-corrected chi connectivity index (χ2v) is 5.48. The normalized spacial score (nSPS) is 10.7. The van der Waals surface area contributed by atoms with Gasteiger partial charge in [-0.05, 0) is 32.4 Å². The molecule has 0 saturated carbocycles. The van der Waals surface area contributed by atoms with Gasteiger partial charge < -0.3 is 0 Å². The Hall–Kier alpha value is -0.800. The maximum absolute atomic E-state index is 4.52. The van der Waals surface area contributed by atoms with E-state index >= 15 is 0 Å². The summed E-state index contributed by atoms with van der Waals surface area (Å²) < 4.78 is 1.01. The second-order valence-electron chi connectivity index (χ2n) is 3.73. The van der Waals surface area contributed by atoms with Crippen LogP contribution in [0.5, 0.6) is 0 Å². The van der Waals surface area contributed by atoms with Crippen molar-refractivity contribution in [2.75, 3.05) is 0 Å². The highest BCUT2D eigenvalue weighted by molar-refractivity contribution is 7.83. The zero-order chi connectivity index (χ0) is 11.0. The molecule has 0 atom stereocenters. The third kappa shape index (κ3) is 2.08. The molecule has 0 fully saturated rings. The topological polar surface area (TPSA) is 12.9 Å². The average molecular weight is 235 g/mol. The van der Waals surface area contributed by atoms with Crippen molar-refractivity contribution in [3.05, 3.63) is 35.0 Å². The molecular weight excluding hydrogens is 222 g/mol. The lowest BCUT2D eigenvalue weighted by molar-refractivity contribution is 1.21. The number of aromatic nitrogens is 1. The molecule has 15 heavy (non-hydrogen) atoms. The molecule has 0 radical (unpaired) electrons. The third-order valence-electron chi connectivity index (χ3n) is 2.40. The summed E-state index contributed by atoms with van der Waals surface area (Å²) in [5.41, 5.74) is 4.77. The molecule has 0 N–H and O–H groups in total. The van der Waals surface area contributed by atoms with Gasteiger partial charge in [-0.1, -0.05) is 17.7 Å². The van der Waals surface area contributed by atoms with E-state index in [-0.39, 0.29) is 0 Å². The van der Waals surface area contributed by atoms with E-state index in [0.717, 1.165) is 14.9 Å². The Balaban J connectivity index is 2.58. The molecule has 2 rings (SSSR count). The molecule has 0 amide bonds. The summed E-state index contributed by atoms with van der Waals surface area (Å²) in [6.45, 7) is 6.21. The Kier molecular flexibility index (Phi) is 2.85. The minimum atomic E-state index is 1.01. The van der Waals surface area contributed by atoms with Crippen molar-refractivity contribution in [3.63, 3.8) is 0 Å². The van der Waals surface area contributed by atoms with E-state index in [0.29, 0.717) is 0 Å². The summed E-state index contributed by atoms with van der Waals surface area (Å²) in [6, 6.07) is 6.45. The summed E-state index contributed by atoms with van der Waals surface area (Å²) in [5.74, 6) is 0. The number of hydrogen-bond donors (Lipinski definition) is 1. The molecule has 0 aliphatic rings. The lowest BCUT2D eigenvalue weighted by Crippen LogP contribution is -1.84. The van der Waals surface area contributed by atoms with Gasteiger partial charge in [-0.25, -0.2) is 4.98 Å². The van der Waals surface area contributed by atoms with Crippen LogP contribution in [0.15, 0.2) is 22.4 Å². The molecule has 3 heteroatoms. The van der Waals surface area contributed by atoms with Crippen molar-refractivity contribution in [3.8, 4) is 10.6 Å². The zero-order valence-electron chi connectivity index (χ0n) is 9.03. The van der Waals surface area contributed by atoms with Crippen LogP contribution in [-0.4, -0.2) is 4.98 Å². The van der Waals surface area contributed by atoms with Gasteiger partial charge in [0, 0.05) is 5.56 Å². The number of rotatable bonds is 1. The quantitative estimate of drug-likeness (QED) is 0.736. The highest BCUT2D eigenvalue weighted by atomic mass is 32.2. The molecule has 1 nitrogen and oxygen atoms in total. The lowest BCUT2D eigenvalue weighted by Gasteiger charge is -2.02. The van der Waals surface area contributed by atoms with Crippen LogP contribution in [0.1, 0.15) is 16.8 Å². The molecule has 78 valence electrons. The van der Waals surface area contributed by atoms with E-state index in [4.69, 9.17) is 0 Å². The van der Waals surface area contributed by atoms with Crippen LogP contribution in [0.2, 0.25) is 0 Å². The summed E-state index contributed by atoms with van der Waals surface area (Å²) in [4.78, 5) is 4.52. The van der Waals surface area contributed by atoms with Crippen LogP contribution >= 0.6 is 24.0 Å². The molecule has 1 heterocycles. The summed E-state index contributed by atoms with van der Waals surface area (Å²) in [5, 5.41) is 1.07. The fraction of sp³-hybridized carbons (Fsp3) is 0.250. The van der Waals surface area contributed by atoms with Crippen LogP contribution in [0.3, 0.4) is 0 Å². The van der Waals surface area contributed by atoms with Gasteiger partial charge in [0.1, 0.15) is 5.01 Å². The van der Waals surface area contributed by atoms with Crippen LogP contribution in [0, 0.1) is 20.8 Å². The van der Waals surface area contributed by atoms with Gasteiger partial charge in [-0.3, -0.25) is 0 Å². The largest absolute Gasteiger partial charge is 0.240 e. The highest BCUT2D eigenvalue weighted by Gasteiger charge is 2.09.